The molecule has 6 heteroatoms. The van der Waals surface area contributed by atoms with Gasteiger partial charge in [0.15, 0.2) is 0 Å². The van der Waals surface area contributed by atoms with Gasteiger partial charge in [-0.25, -0.2) is 10.4 Å². The normalized spacial score (nSPS) is 19.7. The summed E-state index contributed by atoms with van der Waals surface area (Å²) in [6.07, 6.45) is 7.42. The van der Waals surface area contributed by atoms with Gasteiger partial charge >= 0.3 is 0 Å². The van der Waals surface area contributed by atoms with Crippen LogP contribution in [0.15, 0.2) is 12.4 Å². The Morgan fingerprint density at radius 2 is 1.94 bits per heavy atom. The molecule has 0 radical (unpaired) electrons. The average molecular weight is 252 g/mol. The van der Waals surface area contributed by atoms with Crippen LogP contribution in [0.3, 0.4) is 0 Å². The van der Waals surface area contributed by atoms with E-state index in [2.05, 4.69) is 15.4 Å². The minimum absolute atomic E-state index is 0.214. The van der Waals surface area contributed by atoms with Crippen LogP contribution in [-0.2, 0) is 4.74 Å². The van der Waals surface area contributed by atoms with E-state index < -0.39 is 0 Å². The summed E-state index contributed by atoms with van der Waals surface area (Å²) in [4.78, 5) is 8.52. The van der Waals surface area contributed by atoms with E-state index in [-0.39, 0.29) is 11.6 Å². The summed E-state index contributed by atoms with van der Waals surface area (Å²) in [5, 5.41) is 0. The molecule has 100 valence electrons. The summed E-state index contributed by atoms with van der Waals surface area (Å²) >= 11 is 0. The zero-order valence-electron chi connectivity index (χ0n) is 10.8. The Morgan fingerprint density at radius 3 is 2.50 bits per heavy atom. The van der Waals surface area contributed by atoms with E-state index in [1.807, 2.05) is 0 Å². The highest BCUT2D eigenvalue weighted by Crippen LogP contribution is 2.43. The highest BCUT2D eigenvalue weighted by atomic mass is 16.5. The number of rotatable bonds is 5. The van der Waals surface area contributed by atoms with Crippen LogP contribution in [0.5, 0.6) is 5.88 Å². The van der Waals surface area contributed by atoms with Gasteiger partial charge in [0.1, 0.15) is 5.69 Å². The molecule has 0 aromatic carbocycles. The lowest BCUT2D eigenvalue weighted by Crippen LogP contribution is -2.46. The van der Waals surface area contributed by atoms with E-state index in [4.69, 9.17) is 15.3 Å². The Balaban J connectivity index is 2.38. The number of methoxy groups -OCH3 is 2. The summed E-state index contributed by atoms with van der Waals surface area (Å²) in [5.41, 5.74) is 3.20. The molecule has 0 saturated heterocycles. The first-order chi connectivity index (χ1) is 8.77. The van der Waals surface area contributed by atoms with Crippen molar-refractivity contribution in [1.82, 2.24) is 15.4 Å². The lowest BCUT2D eigenvalue weighted by molar-refractivity contribution is -0.0386. The summed E-state index contributed by atoms with van der Waals surface area (Å²) in [6.45, 7) is 0. The van der Waals surface area contributed by atoms with Crippen molar-refractivity contribution in [2.45, 2.75) is 37.3 Å². The van der Waals surface area contributed by atoms with Crippen LogP contribution < -0.4 is 16.0 Å². The molecule has 0 spiro atoms. The maximum absolute atomic E-state index is 5.74. The summed E-state index contributed by atoms with van der Waals surface area (Å²) in [7, 11) is 3.30. The molecule has 1 heterocycles. The summed E-state index contributed by atoms with van der Waals surface area (Å²) in [5.74, 6) is 6.21. The van der Waals surface area contributed by atoms with Crippen molar-refractivity contribution in [1.29, 1.82) is 0 Å². The van der Waals surface area contributed by atoms with Crippen molar-refractivity contribution >= 4 is 0 Å². The van der Waals surface area contributed by atoms with Gasteiger partial charge in [0.2, 0.25) is 5.88 Å². The van der Waals surface area contributed by atoms with Crippen molar-refractivity contribution in [3.8, 4) is 5.88 Å². The summed E-state index contributed by atoms with van der Waals surface area (Å²) in [6, 6.07) is -0.214. The number of ether oxygens (including phenoxy) is 2. The molecule has 3 N–H and O–H groups in total. The van der Waals surface area contributed by atoms with Gasteiger partial charge in [0.25, 0.3) is 0 Å². The molecule has 1 unspecified atom stereocenters. The standard InChI is InChI=1S/C12H20N4O2/c1-17-11-9(14-7-8-15-11)10(16-13)12(18-2)5-3-4-6-12/h7-8,10,16H,3-6,13H2,1-2H3. The first kappa shape index (κ1) is 13.2. The molecule has 0 aliphatic heterocycles. The predicted octanol–water partition coefficient (Wildman–Crippen LogP) is 0.949. The third-order valence-corrected chi connectivity index (χ3v) is 3.71. The molecule has 1 saturated carbocycles. The zero-order chi connectivity index (χ0) is 13.0. The fraction of sp³-hybridized carbons (Fsp3) is 0.667. The van der Waals surface area contributed by atoms with Crippen molar-refractivity contribution in [2.24, 2.45) is 5.84 Å². The van der Waals surface area contributed by atoms with Crippen molar-refractivity contribution in [3.63, 3.8) is 0 Å². The van der Waals surface area contributed by atoms with Gasteiger partial charge in [-0.2, -0.15) is 0 Å². The lowest BCUT2D eigenvalue weighted by Gasteiger charge is -2.35. The van der Waals surface area contributed by atoms with Crippen molar-refractivity contribution < 1.29 is 9.47 Å². The number of hydrogen-bond acceptors (Lipinski definition) is 6. The third-order valence-electron chi connectivity index (χ3n) is 3.71. The average Bonchev–Trinajstić information content (AvgIpc) is 2.90. The maximum atomic E-state index is 5.74. The largest absolute Gasteiger partial charge is 0.480 e. The van der Waals surface area contributed by atoms with E-state index in [1.54, 1.807) is 26.6 Å². The molecule has 6 nitrogen and oxygen atoms in total. The smallest absolute Gasteiger partial charge is 0.237 e. The van der Waals surface area contributed by atoms with Gasteiger partial charge in [-0.15, -0.1) is 0 Å². The fourth-order valence-electron chi connectivity index (χ4n) is 2.76. The van der Waals surface area contributed by atoms with Crippen LogP contribution in [0.2, 0.25) is 0 Å². The highest BCUT2D eigenvalue weighted by Gasteiger charge is 2.44. The van der Waals surface area contributed by atoms with Gasteiger partial charge in [-0.3, -0.25) is 10.8 Å². The molecule has 0 amide bonds. The molecule has 1 atom stereocenters. The topological polar surface area (TPSA) is 82.3 Å². The molecular formula is C12H20N4O2. The van der Waals surface area contributed by atoms with Gasteiger partial charge < -0.3 is 9.47 Å². The van der Waals surface area contributed by atoms with Crippen molar-refractivity contribution in [3.05, 3.63) is 18.1 Å². The minimum Gasteiger partial charge on any atom is -0.480 e. The number of hydrogen-bond donors (Lipinski definition) is 2. The van der Waals surface area contributed by atoms with E-state index in [9.17, 15) is 0 Å². The van der Waals surface area contributed by atoms with Crippen LogP contribution in [0.25, 0.3) is 0 Å². The zero-order valence-corrected chi connectivity index (χ0v) is 10.8. The number of aromatic nitrogens is 2. The monoisotopic (exact) mass is 252 g/mol. The van der Waals surface area contributed by atoms with Crippen LogP contribution >= 0.6 is 0 Å². The van der Waals surface area contributed by atoms with E-state index in [0.717, 1.165) is 25.7 Å². The first-order valence-corrected chi connectivity index (χ1v) is 6.13. The summed E-state index contributed by atoms with van der Waals surface area (Å²) < 4.78 is 11.0. The van der Waals surface area contributed by atoms with Gasteiger partial charge in [0, 0.05) is 19.5 Å². The number of nitrogens with two attached hydrogens (primary N) is 1. The molecule has 2 rings (SSSR count). The van der Waals surface area contributed by atoms with Crippen LogP contribution in [-0.4, -0.2) is 29.8 Å². The second-order valence-electron chi connectivity index (χ2n) is 4.53. The first-order valence-electron chi connectivity index (χ1n) is 6.13. The SMILES string of the molecule is COc1nccnc1C(NN)C1(OC)CCCC1. The van der Waals surface area contributed by atoms with E-state index >= 15 is 0 Å². The highest BCUT2D eigenvalue weighted by molar-refractivity contribution is 5.25. The number of hydrazine groups is 1. The van der Waals surface area contributed by atoms with Crippen LogP contribution in [0, 0.1) is 0 Å². The third kappa shape index (κ3) is 2.19. The van der Waals surface area contributed by atoms with E-state index in [1.165, 1.54) is 0 Å². The Labute approximate surface area is 107 Å². The molecule has 0 bridgehead atoms. The van der Waals surface area contributed by atoms with Gasteiger partial charge in [-0.1, -0.05) is 12.8 Å². The minimum atomic E-state index is -0.321. The van der Waals surface area contributed by atoms with Gasteiger partial charge in [0.05, 0.1) is 18.8 Å². The van der Waals surface area contributed by atoms with E-state index in [0.29, 0.717) is 11.6 Å². The maximum Gasteiger partial charge on any atom is 0.237 e. The lowest BCUT2D eigenvalue weighted by atomic mass is 9.90. The fourth-order valence-corrected chi connectivity index (χ4v) is 2.76. The molecule has 1 aromatic rings. The molecule has 1 aliphatic carbocycles. The quantitative estimate of drug-likeness (QED) is 0.599. The van der Waals surface area contributed by atoms with Gasteiger partial charge in [-0.05, 0) is 12.8 Å². The molecule has 1 aliphatic rings. The predicted molar refractivity (Wildman–Crippen MR) is 66.9 cm³/mol. The molecule has 1 aromatic heterocycles. The Morgan fingerprint density at radius 1 is 1.28 bits per heavy atom. The molecular weight excluding hydrogens is 232 g/mol. The number of nitrogens with zero attached hydrogens (tertiary/aromatic N) is 2. The Bertz CT molecular complexity index is 393. The number of nitrogens with one attached hydrogen (secondary N) is 1. The second-order valence-corrected chi connectivity index (χ2v) is 4.53. The van der Waals surface area contributed by atoms with Crippen LogP contribution in [0.1, 0.15) is 37.4 Å². The molecule has 1 fully saturated rings. The molecule has 18 heavy (non-hydrogen) atoms. The Hall–Kier alpha value is -1.24. The van der Waals surface area contributed by atoms with Crippen LogP contribution in [0.4, 0.5) is 0 Å². The van der Waals surface area contributed by atoms with Crippen molar-refractivity contribution in [2.75, 3.05) is 14.2 Å². The Kier molecular flexibility index (Phi) is 4.11. The second kappa shape index (κ2) is 5.60.